The number of nitrogens with zero attached hydrogens (tertiary/aromatic N) is 2. The minimum Gasteiger partial charge on any atom is -0.492 e. The standard InChI is InChI=1S/C21H30N4O2S.HI/c1-2-22-21(24-16-19-6-13-28-17-19)23-15-18-4-3-5-20(14-18)27-12-9-25-7-10-26-11-8-25;/h3-6,13-14,17H,2,7-12,15-16H2,1H3,(H2,22,23,24);1H. The Morgan fingerprint density at radius 3 is 2.83 bits per heavy atom. The van der Waals surface area contributed by atoms with Crippen LogP contribution < -0.4 is 15.4 Å². The van der Waals surface area contributed by atoms with Crippen LogP contribution in [0, 0.1) is 0 Å². The average Bonchev–Trinajstić information content (AvgIpc) is 3.25. The molecule has 1 saturated heterocycles. The SMILES string of the molecule is CCNC(=NCc1ccsc1)NCc1cccc(OCCN2CCOCC2)c1.I. The van der Waals surface area contributed by atoms with Crippen LogP contribution in [0.3, 0.4) is 0 Å². The van der Waals surface area contributed by atoms with Crippen LogP contribution in [-0.2, 0) is 17.8 Å². The molecular formula is C21H31IN4O2S. The molecule has 3 rings (SSSR count). The molecule has 0 spiro atoms. The molecule has 0 saturated carbocycles. The van der Waals surface area contributed by atoms with E-state index < -0.39 is 0 Å². The molecular weight excluding hydrogens is 499 g/mol. The number of aliphatic imine (C=N–C) groups is 1. The number of hydrogen-bond donors (Lipinski definition) is 2. The Kier molecular flexibility index (Phi) is 11.4. The first-order valence-corrected chi connectivity index (χ1v) is 10.8. The van der Waals surface area contributed by atoms with Crippen molar-refractivity contribution in [1.29, 1.82) is 0 Å². The predicted molar refractivity (Wildman–Crippen MR) is 131 cm³/mol. The van der Waals surface area contributed by atoms with Gasteiger partial charge in [-0.1, -0.05) is 12.1 Å². The summed E-state index contributed by atoms with van der Waals surface area (Å²) in [6.07, 6.45) is 0. The molecule has 2 aromatic rings. The topological polar surface area (TPSA) is 58.1 Å². The number of nitrogens with one attached hydrogen (secondary N) is 2. The number of benzene rings is 1. The van der Waals surface area contributed by atoms with E-state index in [1.165, 1.54) is 11.1 Å². The van der Waals surface area contributed by atoms with Gasteiger partial charge in [0.05, 0.1) is 19.8 Å². The Morgan fingerprint density at radius 1 is 1.21 bits per heavy atom. The molecule has 0 bridgehead atoms. The summed E-state index contributed by atoms with van der Waals surface area (Å²) in [6, 6.07) is 10.4. The molecule has 0 amide bonds. The maximum Gasteiger partial charge on any atom is 0.191 e. The lowest BCUT2D eigenvalue weighted by atomic mass is 10.2. The summed E-state index contributed by atoms with van der Waals surface area (Å²) in [5.41, 5.74) is 2.41. The molecule has 6 nitrogen and oxygen atoms in total. The van der Waals surface area contributed by atoms with Crippen LogP contribution in [0.5, 0.6) is 5.75 Å². The number of halogens is 1. The minimum absolute atomic E-state index is 0. The lowest BCUT2D eigenvalue weighted by Gasteiger charge is -2.26. The number of ether oxygens (including phenoxy) is 2. The van der Waals surface area contributed by atoms with Crippen molar-refractivity contribution in [2.75, 3.05) is 46.0 Å². The molecule has 1 fully saturated rings. The lowest BCUT2D eigenvalue weighted by molar-refractivity contribution is 0.0322. The summed E-state index contributed by atoms with van der Waals surface area (Å²) >= 11 is 1.70. The fourth-order valence-corrected chi connectivity index (χ4v) is 3.60. The average molecular weight is 530 g/mol. The fraction of sp³-hybridized carbons (Fsp3) is 0.476. The zero-order chi connectivity index (χ0) is 19.4. The third-order valence-electron chi connectivity index (χ3n) is 4.48. The van der Waals surface area contributed by atoms with E-state index >= 15 is 0 Å². The highest BCUT2D eigenvalue weighted by Gasteiger charge is 2.09. The van der Waals surface area contributed by atoms with Gasteiger partial charge in [0.15, 0.2) is 5.96 Å². The van der Waals surface area contributed by atoms with Gasteiger partial charge in [-0.15, -0.1) is 24.0 Å². The van der Waals surface area contributed by atoms with Gasteiger partial charge in [-0.05, 0) is 47.0 Å². The minimum atomic E-state index is 0. The van der Waals surface area contributed by atoms with Crippen LogP contribution in [0.2, 0.25) is 0 Å². The summed E-state index contributed by atoms with van der Waals surface area (Å²) in [4.78, 5) is 7.03. The molecule has 2 heterocycles. The van der Waals surface area contributed by atoms with E-state index in [0.717, 1.165) is 51.1 Å². The molecule has 0 unspecified atom stereocenters. The van der Waals surface area contributed by atoms with E-state index in [1.807, 2.05) is 12.1 Å². The van der Waals surface area contributed by atoms with Gasteiger partial charge in [-0.3, -0.25) is 4.90 Å². The Morgan fingerprint density at radius 2 is 2.07 bits per heavy atom. The molecule has 2 N–H and O–H groups in total. The molecule has 1 aromatic heterocycles. The number of hydrogen-bond acceptors (Lipinski definition) is 5. The Labute approximate surface area is 194 Å². The molecule has 1 aromatic carbocycles. The summed E-state index contributed by atoms with van der Waals surface area (Å²) in [7, 11) is 0. The van der Waals surface area contributed by atoms with Gasteiger partial charge in [-0.2, -0.15) is 11.3 Å². The smallest absolute Gasteiger partial charge is 0.191 e. The number of rotatable bonds is 9. The first kappa shape index (κ1) is 23.9. The van der Waals surface area contributed by atoms with Crippen molar-refractivity contribution in [3.63, 3.8) is 0 Å². The van der Waals surface area contributed by atoms with Gasteiger partial charge in [0.2, 0.25) is 0 Å². The molecule has 1 aliphatic heterocycles. The van der Waals surface area contributed by atoms with E-state index in [2.05, 4.69) is 56.4 Å². The number of thiophene rings is 1. The van der Waals surface area contributed by atoms with Crippen LogP contribution in [0.4, 0.5) is 0 Å². The highest BCUT2D eigenvalue weighted by molar-refractivity contribution is 14.0. The third kappa shape index (κ3) is 8.90. The predicted octanol–water partition coefficient (Wildman–Crippen LogP) is 3.33. The van der Waals surface area contributed by atoms with Crippen molar-refractivity contribution < 1.29 is 9.47 Å². The Balaban J connectivity index is 0.00000300. The van der Waals surface area contributed by atoms with Gasteiger partial charge in [0, 0.05) is 32.7 Å². The van der Waals surface area contributed by atoms with Gasteiger partial charge in [0.1, 0.15) is 12.4 Å². The molecule has 0 aliphatic carbocycles. The van der Waals surface area contributed by atoms with E-state index in [9.17, 15) is 0 Å². The molecule has 0 radical (unpaired) electrons. The summed E-state index contributed by atoms with van der Waals surface area (Å²) in [5, 5.41) is 10.9. The van der Waals surface area contributed by atoms with Crippen LogP contribution in [0.25, 0.3) is 0 Å². The zero-order valence-corrected chi connectivity index (χ0v) is 20.1. The van der Waals surface area contributed by atoms with Crippen LogP contribution in [0.1, 0.15) is 18.1 Å². The fourth-order valence-electron chi connectivity index (χ4n) is 2.94. The third-order valence-corrected chi connectivity index (χ3v) is 5.21. The van der Waals surface area contributed by atoms with Crippen molar-refractivity contribution in [3.05, 3.63) is 52.2 Å². The van der Waals surface area contributed by atoms with Crippen LogP contribution >= 0.6 is 35.3 Å². The lowest BCUT2D eigenvalue weighted by Crippen LogP contribution is -2.38. The molecule has 160 valence electrons. The first-order chi connectivity index (χ1) is 13.8. The first-order valence-electron chi connectivity index (χ1n) is 9.88. The number of morpholine rings is 1. The monoisotopic (exact) mass is 530 g/mol. The van der Waals surface area contributed by atoms with Gasteiger partial charge >= 0.3 is 0 Å². The maximum absolute atomic E-state index is 5.95. The Bertz CT molecular complexity index is 721. The normalized spacial score (nSPS) is 14.9. The second kappa shape index (κ2) is 13.8. The summed E-state index contributed by atoms with van der Waals surface area (Å²) in [5.74, 6) is 1.74. The molecule has 29 heavy (non-hydrogen) atoms. The van der Waals surface area contributed by atoms with E-state index in [0.29, 0.717) is 19.7 Å². The van der Waals surface area contributed by atoms with E-state index in [1.54, 1.807) is 11.3 Å². The van der Waals surface area contributed by atoms with Gasteiger partial charge < -0.3 is 20.1 Å². The molecule has 0 atom stereocenters. The highest BCUT2D eigenvalue weighted by atomic mass is 127. The van der Waals surface area contributed by atoms with E-state index in [-0.39, 0.29) is 24.0 Å². The van der Waals surface area contributed by atoms with Gasteiger partial charge in [0.25, 0.3) is 0 Å². The van der Waals surface area contributed by atoms with E-state index in [4.69, 9.17) is 9.47 Å². The second-order valence-electron chi connectivity index (χ2n) is 6.63. The molecule has 1 aliphatic rings. The Hall–Kier alpha value is -1.36. The zero-order valence-electron chi connectivity index (χ0n) is 16.9. The van der Waals surface area contributed by atoms with Crippen molar-refractivity contribution in [1.82, 2.24) is 15.5 Å². The van der Waals surface area contributed by atoms with Crippen molar-refractivity contribution in [2.24, 2.45) is 4.99 Å². The summed E-state index contributed by atoms with van der Waals surface area (Å²) in [6.45, 7) is 9.56. The quantitative estimate of drug-likeness (QED) is 0.296. The van der Waals surface area contributed by atoms with Crippen LogP contribution in [-0.4, -0.2) is 56.9 Å². The van der Waals surface area contributed by atoms with Crippen molar-refractivity contribution in [2.45, 2.75) is 20.0 Å². The van der Waals surface area contributed by atoms with Crippen molar-refractivity contribution in [3.8, 4) is 5.75 Å². The van der Waals surface area contributed by atoms with Gasteiger partial charge in [-0.25, -0.2) is 4.99 Å². The van der Waals surface area contributed by atoms with Crippen LogP contribution in [0.15, 0.2) is 46.1 Å². The maximum atomic E-state index is 5.95. The van der Waals surface area contributed by atoms with Crippen molar-refractivity contribution >= 4 is 41.3 Å². The largest absolute Gasteiger partial charge is 0.492 e. The second-order valence-corrected chi connectivity index (χ2v) is 7.41. The number of guanidine groups is 1. The summed E-state index contributed by atoms with van der Waals surface area (Å²) < 4.78 is 11.3. The highest BCUT2D eigenvalue weighted by Crippen LogP contribution is 2.13. The molecule has 8 heteroatoms.